The number of hydrogen-bond acceptors (Lipinski definition) is 2. The third-order valence-corrected chi connectivity index (χ3v) is 4.55. The van der Waals surface area contributed by atoms with Crippen LogP contribution in [0.1, 0.15) is 45.6 Å². The highest BCUT2D eigenvalue weighted by atomic mass is 15.1. The Balaban J connectivity index is 1.88. The van der Waals surface area contributed by atoms with Gasteiger partial charge in [0.05, 0.1) is 0 Å². The summed E-state index contributed by atoms with van der Waals surface area (Å²) in [4.78, 5) is 2.58. The van der Waals surface area contributed by atoms with Crippen molar-refractivity contribution in [2.45, 2.75) is 52.6 Å². The summed E-state index contributed by atoms with van der Waals surface area (Å²) in [6, 6.07) is 11.6. The second-order valence-corrected chi connectivity index (χ2v) is 6.61. The van der Waals surface area contributed by atoms with Gasteiger partial charge in [0, 0.05) is 25.7 Å². The van der Waals surface area contributed by atoms with E-state index in [1.54, 1.807) is 0 Å². The Morgan fingerprint density at radius 2 is 1.90 bits per heavy atom. The zero-order valence-corrected chi connectivity index (χ0v) is 13.4. The van der Waals surface area contributed by atoms with Crippen molar-refractivity contribution in [3.05, 3.63) is 35.9 Å². The molecule has 1 atom stereocenters. The summed E-state index contributed by atoms with van der Waals surface area (Å²) < 4.78 is 0. The van der Waals surface area contributed by atoms with Crippen LogP contribution in [0.25, 0.3) is 0 Å². The molecule has 0 spiro atoms. The number of nitrogens with one attached hydrogen (secondary N) is 1. The molecule has 2 nitrogen and oxygen atoms in total. The molecule has 0 amide bonds. The van der Waals surface area contributed by atoms with Crippen molar-refractivity contribution < 1.29 is 0 Å². The average Bonchev–Trinajstić information content (AvgIpc) is 3.30. The second-order valence-electron chi connectivity index (χ2n) is 6.61. The first-order valence-corrected chi connectivity index (χ1v) is 8.15. The second kappa shape index (κ2) is 7.24. The highest BCUT2D eigenvalue weighted by Gasteiger charge is 2.28. The van der Waals surface area contributed by atoms with Crippen molar-refractivity contribution in [2.75, 3.05) is 19.6 Å². The number of nitrogens with zero attached hydrogens (tertiary/aromatic N) is 1. The SMILES string of the molecule is CCN(Cc1ccccc1)CC(C)(CC)CNC1CC1. The van der Waals surface area contributed by atoms with Crippen molar-refractivity contribution in [2.24, 2.45) is 5.41 Å². The summed E-state index contributed by atoms with van der Waals surface area (Å²) in [5, 5.41) is 3.71. The van der Waals surface area contributed by atoms with Crippen LogP contribution >= 0.6 is 0 Å². The van der Waals surface area contributed by atoms with E-state index in [1.807, 2.05) is 0 Å². The Morgan fingerprint density at radius 1 is 1.20 bits per heavy atom. The van der Waals surface area contributed by atoms with Crippen LogP contribution in [0.4, 0.5) is 0 Å². The lowest BCUT2D eigenvalue weighted by molar-refractivity contribution is 0.154. The number of rotatable bonds is 9. The molecule has 0 saturated heterocycles. The molecule has 0 aromatic heterocycles. The van der Waals surface area contributed by atoms with Crippen LogP contribution in [-0.4, -0.2) is 30.6 Å². The lowest BCUT2D eigenvalue weighted by Gasteiger charge is -2.35. The largest absolute Gasteiger partial charge is 0.313 e. The Bertz CT molecular complexity index is 386. The van der Waals surface area contributed by atoms with Gasteiger partial charge in [-0.25, -0.2) is 0 Å². The molecular weight excluding hydrogens is 244 g/mol. The fraction of sp³-hybridized carbons (Fsp3) is 0.667. The number of hydrogen-bond donors (Lipinski definition) is 1. The van der Waals surface area contributed by atoms with Crippen LogP contribution in [0.2, 0.25) is 0 Å². The summed E-state index contributed by atoms with van der Waals surface area (Å²) in [5.41, 5.74) is 1.80. The van der Waals surface area contributed by atoms with E-state index in [4.69, 9.17) is 0 Å². The van der Waals surface area contributed by atoms with Gasteiger partial charge in [-0.2, -0.15) is 0 Å². The van der Waals surface area contributed by atoms with E-state index in [1.165, 1.54) is 31.4 Å². The standard InChI is InChI=1S/C18H30N2/c1-4-18(3,14-19-17-11-12-17)15-20(5-2)13-16-9-7-6-8-10-16/h6-10,17,19H,4-5,11-15H2,1-3H3. The molecule has 20 heavy (non-hydrogen) atoms. The molecule has 2 heteroatoms. The first-order chi connectivity index (χ1) is 9.65. The van der Waals surface area contributed by atoms with Crippen molar-refractivity contribution in [1.82, 2.24) is 10.2 Å². The monoisotopic (exact) mass is 274 g/mol. The zero-order valence-electron chi connectivity index (χ0n) is 13.4. The predicted molar refractivity (Wildman–Crippen MR) is 86.8 cm³/mol. The average molecular weight is 274 g/mol. The minimum atomic E-state index is 0.382. The molecule has 1 saturated carbocycles. The summed E-state index contributed by atoms with van der Waals surface area (Å²) in [7, 11) is 0. The molecule has 112 valence electrons. The lowest BCUT2D eigenvalue weighted by Crippen LogP contribution is -2.42. The molecule has 0 radical (unpaired) electrons. The third-order valence-electron chi connectivity index (χ3n) is 4.55. The Morgan fingerprint density at radius 3 is 2.45 bits per heavy atom. The van der Waals surface area contributed by atoms with E-state index in [2.05, 4.69) is 61.3 Å². The summed E-state index contributed by atoms with van der Waals surface area (Å²) in [5.74, 6) is 0. The van der Waals surface area contributed by atoms with Gasteiger partial charge in [-0.1, -0.05) is 51.1 Å². The molecular formula is C18H30N2. The quantitative estimate of drug-likeness (QED) is 0.739. The number of benzene rings is 1. The van der Waals surface area contributed by atoms with Crippen LogP contribution in [-0.2, 0) is 6.54 Å². The first-order valence-electron chi connectivity index (χ1n) is 8.15. The van der Waals surface area contributed by atoms with Gasteiger partial charge in [0.2, 0.25) is 0 Å². The Kier molecular flexibility index (Phi) is 5.62. The third kappa shape index (κ3) is 4.92. The molecule has 1 unspecified atom stereocenters. The van der Waals surface area contributed by atoms with Crippen molar-refractivity contribution in [3.8, 4) is 0 Å². The van der Waals surface area contributed by atoms with Crippen LogP contribution < -0.4 is 5.32 Å². The van der Waals surface area contributed by atoms with Crippen molar-refractivity contribution >= 4 is 0 Å². The Hall–Kier alpha value is -0.860. The van der Waals surface area contributed by atoms with E-state index >= 15 is 0 Å². The smallest absolute Gasteiger partial charge is 0.0233 e. The topological polar surface area (TPSA) is 15.3 Å². The molecule has 0 heterocycles. The van der Waals surface area contributed by atoms with Crippen LogP contribution in [0, 0.1) is 5.41 Å². The van der Waals surface area contributed by atoms with Crippen molar-refractivity contribution in [3.63, 3.8) is 0 Å². The maximum absolute atomic E-state index is 3.71. The van der Waals surface area contributed by atoms with Gasteiger partial charge >= 0.3 is 0 Å². The summed E-state index contributed by atoms with van der Waals surface area (Å²) >= 11 is 0. The molecule has 1 aliphatic rings. The van der Waals surface area contributed by atoms with E-state index in [-0.39, 0.29) is 0 Å². The van der Waals surface area contributed by atoms with Gasteiger partial charge in [0.1, 0.15) is 0 Å². The molecule has 1 aromatic carbocycles. The minimum absolute atomic E-state index is 0.382. The molecule has 1 N–H and O–H groups in total. The predicted octanol–water partition coefficient (Wildman–Crippen LogP) is 3.68. The molecule has 0 aliphatic heterocycles. The first kappa shape index (κ1) is 15.5. The van der Waals surface area contributed by atoms with E-state index < -0.39 is 0 Å². The lowest BCUT2D eigenvalue weighted by atomic mass is 9.86. The Labute approximate surface area is 124 Å². The maximum Gasteiger partial charge on any atom is 0.0233 e. The highest BCUT2D eigenvalue weighted by Crippen LogP contribution is 2.26. The van der Waals surface area contributed by atoms with E-state index in [9.17, 15) is 0 Å². The van der Waals surface area contributed by atoms with E-state index in [0.29, 0.717) is 5.41 Å². The molecule has 0 bridgehead atoms. The summed E-state index contributed by atoms with van der Waals surface area (Å²) in [6.45, 7) is 11.5. The van der Waals surface area contributed by atoms with Gasteiger partial charge < -0.3 is 5.32 Å². The van der Waals surface area contributed by atoms with E-state index in [0.717, 1.165) is 25.7 Å². The normalized spacial score (nSPS) is 18.2. The minimum Gasteiger partial charge on any atom is -0.313 e. The molecule has 2 rings (SSSR count). The van der Waals surface area contributed by atoms with Gasteiger partial charge in [0.25, 0.3) is 0 Å². The maximum atomic E-state index is 3.71. The summed E-state index contributed by atoms with van der Waals surface area (Å²) in [6.07, 6.45) is 3.99. The van der Waals surface area contributed by atoms with Crippen LogP contribution in [0.5, 0.6) is 0 Å². The van der Waals surface area contributed by atoms with Gasteiger partial charge in [0.15, 0.2) is 0 Å². The highest BCUT2D eigenvalue weighted by molar-refractivity contribution is 5.14. The van der Waals surface area contributed by atoms with Crippen LogP contribution in [0.3, 0.4) is 0 Å². The van der Waals surface area contributed by atoms with Crippen LogP contribution in [0.15, 0.2) is 30.3 Å². The van der Waals surface area contributed by atoms with Gasteiger partial charge in [-0.05, 0) is 36.8 Å². The van der Waals surface area contributed by atoms with Crippen molar-refractivity contribution in [1.29, 1.82) is 0 Å². The zero-order chi connectivity index (χ0) is 14.4. The van der Waals surface area contributed by atoms with Gasteiger partial charge in [-0.15, -0.1) is 0 Å². The molecule has 1 fully saturated rings. The molecule has 1 aromatic rings. The fourth-order valence-corrected chi connectivity index (χ4v) is 2.63. The molecule has 1 aliphatic carbocycles. The van der Waals surface area contributed by atoms with Gasteiger partial charge in [-0.3, -0.25) is 4.90 Å². The fourth-order valence-electron chi connectivity index (χ4n) is 2.63.